The lowest BCUT2D eigenvalue weighted by Gasteiger charge is -2.29. The van der Waals surface area contributed by atoms with Crippen molar-refractivity contribution in [1.82, 2.24) is 10.2 Å². The first-order chi connectivity index (χ1) is 14.6. The van der Waals surface area contributed by atoms with E-state index in [1.807, 2.05) is 71.0 Å². The third-order valence-electron chi connectivity index (χ3n) is 5.41. The maximum Gasteiger partial charge on any atom is 0.261 e. The van der Waals surface area contributed by atoms with Crippen LogP contribution in [0.15, 0.2) is 36.4 Å². The van der Waals surface area contributed by atoms with E-state index in [2.05, 4.69) is 5.32 Å². The summed E-state index contributed by atoms with van der Waals surface area (Å²) in [6, 6.07) is 11.0. The van der Waals surface area contributed by atoms with Gasteiger partial charge in [-0.15, -0.1) is 0 Å². The Morgan fingerprint density at radius 3 is 2.19 bits per heavy atom. The molecule has 0 heterocycles. The quantitative estimate of drug-likeness (QED) is 0.593. The van der Waals surface area contributed by atoms with Gasteiger partial charge in [0.2, 0.25) is 5.91 Å². The molecule has 2 rings (SSSR count). The van der Waals surface area contributed by atoms with E-state index in [0.717, 1.165) is 28.7 Å². The van der Waals surface area contributed by atoms with Crippen LogP contribution in [-0.2, 0) is 16.1 Å². The second-order valence-electron chi connectivity index (χ2n) is 8.16. The molecule has 2 aromatic rings. The highest BCUT2D eigenvalue weighted by Gasteiger charge is 2.27. The summed E-state index contributed by atoms with van der Waals surface area (Å²) in [6.45, 7) is 11.7. The number of rotatable bonds is 9. The molecule has 0 aromatic heterocycles. The largest absolute Gasteiger partial charge is 0.484 e. The van der Waals surface area contributed by atoms with E-state index in [1.165, 1.54) is 0 Å². The lowest BCUT2D eigenvalue weighted by Crippen LogP contribution is -2.50. The topological polar surface area (TPSA) is 58.6 Å². The van der Waals surface area contributed by atoms with Crippen molar-refractivity contribution in [3.05, 3.63) is 63.7 Å². The van der Waals surface area contributed by atoms with E-state index in [1.54, 1.807) is 11.8 Å². The fourth-order valence-electron chi connectivity index (χ4n) is 3.16. The van der Waals surface area contributed by atoms with Crippen molar-refractivity contribution >= 4 is 23.4 Å². The maximum absolute atomic E-state index is 13.1. The zero-order valence-corrected chi connectivity index (χ0v) is 20.0. The van der Waals surface area contributed by atoms with Gasteiger partial charge in [0.05, 0.1) is 0 Å². The van der Waals surface area contributed by atoms with Gasteiger partial charge in [-0.05, 0) is 69.9 Å². The number of nitrogens with one attached hydrogen (secondary N) is 1. The predicted octanol–water partition coefficient (Wildman–Crippen LogP) is 4.98. The molecule has 2 unspecified atom stereocenters. The average Bonchev–Trinajstić information content (AvgIpc) is 2.74. The Labute approximate surface area is 190 Å². The summed E-state index contributed by atoms with van der Waals surface area (Å²) in [7, 11) is 0. The van der Waals surface area contributed by atoms with Crippen LogP contribution in [-0.4, -0.2) is 35.4 Å². The van der Waals surface area contributed by atoms with E-state index in [4.69, 9.17) is 16.3 Å². The van der Waals surface area contributed by atoms with Crippen LogP contribution in [0.25, 0.3) is 0 Å². The zero-order valence-electron chi connectivity index (χ0n) is 19.3. The standard InChI is InChI=1S/C25H33ClN2O3/c1-7-19(5)27-25(30)20(6)28(14-21-10-8-16(2)9-11-21)23(29)15-31-22-12-17(3)24(26)18(4)13-22/h8-13,19-20H,7,14-15H2,1-6H3,(H,27,30). The van der Waals surface area contributed by atoms with Crippen LogP contribution >= 0.6 is 11.6 Å². The summed E-state index contributed by atoms with van der Waals surface area (Å²) >= 11 is 6.22. The van der Waals surface area contributed by atoms with Gasteiger partial charge < -0.3 is 15.0 Å². The van der Waals surface area contributed by atoms with Crippen molar-refractivity contribution in [2.24, 2.45) is 0 Å². The molecule has 1 N–H and O–H groups in total. The highest BCUT2D eigenvalue weighted by molar-refractivity contribution is 6.32. The van der Waals surface area contributed by atoms with Crippen LogP contribution in [0, 0.1) is 20.8 Å². The molecule has 0 radical (unpaired) electrons. The minimum absolute atomic E-state index is 0.0440. The van der Waals surface area contributed by atoms with Crippen LogP contribution in [0.1, 0.15) is 49.4 Å². The van der Waals surface area contributed by atoms with Gasteiger partial charge >= 0.3 is 0 Å². The van der Waals surface area contributed by atoms with E-state index in [0.29, 0.717) is 17.3 Å². The van der Waals surface area contributed by atoms with Crippen molar-refractivity contribution in [2.75, 3.05) is 6.61 Å². The van der Waals surface area contributed by atoms with E-state index >= 15 is 0 Å². The molecule has 2 amide bonds. The summed E-state index contributed by atoms with van der Waals surface area (Å²) in [4.78, 5) is 27.4. The summed E-state index contributed by atoms with van der Waals surface area (Å²) in [5, 5.41) is 3.66. The number of carbonyl (C=O) groups is 2. The van der Waals surface area contributed by atoms with Gasteiger partial charge in [0.25, 0.3) is 5.91 Å². The highest BCUT2D eigenvalue weighted by Crippen LogP contribution is 2.26. The molecule has 0 aliphatic rings. The smallest absolute Gasteiger partial charge is 0.261 e. The molecule has 0 aliphatic carbocycles. The molecule has 0 bridgehead atoms. The first-order valence-corrected chi connectivity index (χ1v) is 11.0. The molecule has 168 valence electrons. The van der Waals surface area contributed by atoms with Crippen molar-refractivity contribution in [3.8, 4) is 5.75 Å². The Hall–Kier alpha value is -2.53. The molecule has 0 saturated carbocycles. The molecule has 0 aliphatic heterocycles. The average molecular weight is 445 g/mol. The van der Waals surface area contributed by atoms with Gasteiger partial charge in [-0.3, -0.25) is 9.59 Å². The number of ether oxygens (including phenoxy) is 1. The fourth-order valence-corrected chi connectivity index (χ4v) is 3.26. The van der Waals surface area contributed by atoms with Crippen molar-refractivity contribution in [1.29, 1.82) is 0 Å². The number of halogens is 1. The number of carbonyl (C=O) groups excluding carboxylic acids is 2. The van der Waals surface area contributed by atoms with E-state index in [-0.39, 0.29) is 24.5 Å². The fraction of sp³-hybridized carbons (Fsp3) is 0.440. The second kappa shape index (κ2) is 11.2. The van der Waals surface area contributed by atoms with Crippen molar-refractivity contribution < 1.29 is 14.3 Å². The minimum Gasteiger partial charge on any atom is -0.484 e. The number of benzene rings is 2. The maximum atomic E-state index is 13.1. The number of amides is 2. The third-order valence-corrected chi connectivity index (χ3v) is 6.01. The van der Waals surface area contributed by atoms with Crippen LogP contribution < -0.4 is 10.1 Å². The van der Waals surface area contributed by atoms with Gasteiger partial charge in [0, 0.05) is 17.6 Å². The molecule has 0 spiro atoms. The van der Waals surface area contributed by atoms with E-state index < -0.39 is 6.04 Å². The SMILES string of the molecule is CCC(C)NC(=O)C(C)N(Cc1ccc(C)cc1)C(=O)COc1cc(C)c(Cl)c(C)c1. The van der Waals surface area contributed by atoms with Crippen LogP contribution in [0.2, 0.25) is 5.02 Å². The highest BCUT2D eigenvalue weighted by atomic mass is 35.5. The Morgan fingerprint density at radius 1 is 1.06 bits per heavy atom. The number of hydrogen-bond donors (Lipinski definition) is 1. The first kappa shape index (κ1) is 24.7. The molecule has 31 heavy (non-hydrogen) atoms. The van der Waals surface area contributed by atoms with Gasteiger partial charge in [0.15, 0.2) is 6.61 Å². The first-order valence-electron chi connectivity index (χ1n) is 10.7. The zero-order chi connectivity index (χ0) is 23.1. The monoisotopic (exact) mass is 444 g/mol. The molecule has 5 nitrogen and oxygen atoms in total. The van der Waals surface area contributed by atoms with Gasteiger partial charge in [-0.1, -0.05) is 48.4 Å². The Morgan fingerprint density at radius 2 is 1.65 bits per heavy atom. The minimum atomic E-state index is -0.625. The second-order valence-corrected chi connectivity index (χ2v) is 8.54. The summed E-state index contributed by atoms with van der Waals surface area (Å²) in [6.07, 6.45) is 0.822. The van der Waals surface area contributed by atoms with Gasteiger partial charge in [-0.25, -0.2) is 0 Å². The van der Waals surface area contributed by atoms with Crippen molar-refractivity contribution in [3.63, 3.8) is 0 Å². The summed E-state index contributed by atoms with van der Waals surface area (Å²) < 4.78 is 5.77. The Bertz CT molecular complexity index is 888. The van der Waals surface area contributed by atoms with Crippen LogP contribution in [0.3, 0.4) is 0 Å². The number of nitrogens with zero attached hydrogens (tertiary/aromatic N) is 1. The van der Waals surface area contributed by atoms with Gasteiger partial charge in [-0.2, -0.15) is 0 Å². The molecular weight excluding hydrogens is 412 g/mol. The van der Waals surface area contributed by atoms with Crippen molar-refractivity contribution in [2.45, 2.75) is 66.6 Å². The number of hydrogen-bond acceptors (Lipinski definition) is 3. The molecule has 2 aromatic carbocycles. The normalized spacial score (nSPS) is 12.7. The summed E-state index contributed by atoms with van der Waals surface area (Å²) in [5.41, 5.74) is 3.88. The van der Waals surface area contributed by atoms with Gasteiger partial charge in [0.1, 0.15) is 11.8 Å². The van der Waals surface area contributed by atoms with E-state index in [9.17, 15) is 9.59 Å². The Kier molecular flexibility index (Phi) is 8.93. The predicted molar refractivity (Wildman–Crippen MR) is 126 cm³/mol. The number of aryl methyl sites for hydroxylation is 3. The van der Waals surface area contributed by atoms with Crippen LogP contribution in [0.5, 0.6) is 5.75 Å². The molecule has 0 fully saturated rings. The third kappa shape index (κ3) is 7.00. The molecule has 6 heteroatoms. The molecule has 2 atom stereocenters. The summed E-state index contributed by atoms with van der Waals surface area (Å²) in [5.74, 6) is 0.158. The molecular formula is C25H33ClN2O3. The Balaban J connectivity index is 2.18. The molecule has 0 saturated heterocycles. The lowest BCUT2D eigenvalue weighted by molar-refractivity contribution is -0.142. The van der Waals surface area contributed by atoms with Crippen LogP contribution in [0.4, 0.5) is 0 Å². The lowest BCUT2D eigenvalue weighted by atomic mass is 10.1.